The average Bonchev–Trinajstić information content (AvgIpc) is 3.02. The topological polar surface area (TPSA) is 50.8 Å². The minimum Gasteiger partial charge on any atom is -0.497 e. The van der Waals surface area contributed by atoms with Crippen LogP contribution in [0.3, 0.4) is 0 Å². The van der Waals surface area contributed by atoms with E-state index in [4.69, 9.17) is 21.1 Å². The van der Waals surface area contributed by atoms with Crippen LogP contribution in [0.1, 0.15) is 12.0 Å². The summed E-state index contributed by atoms with van der Waals surface area (Å²) in [6.07, 6.45) is 0.640. The molecule has 26 heavy (non-hydrogen) atoms. The number of rotatable bonds is 6. The Kier molecular flexibility index (Phi) is 5.64. The van der Waals surface area contributed by atoms with Gasteiger partial charge < -0.3 is 19.7 Å². The number of benzene rings is 2. The van der Waals surface area contributed by atoms with Crippen molar-refractivity contribution in [3.63, 3.8) is 0 Å². The van der Waals surface area contributed by atoms with Crippen LogP contribution >= 0.6 is 11.6 Å². The number of nitrogens with zero attached hydrogens (tertiary/aromatic N) is 1. The van der Waals surface area contributed by atoms with Crippen molar-refractivity contribution >= 4 is 23.2 Å². The molecule has 7 heteroatoms. The van der Waals surface area contributed by atoms with Gasteiger partial charge in [0, 0.05) is 30.4 Å². The molecule has 5 nitrogen and oxygen atoms in total. The second-order valence-electron chi connectivity index (χ2n) is 5.99. The van der Waals surface area contributed by atoms with Gasteiger partial charge in [0.25, 0.3) is 0 Å². The summed E-state index contributed by atoms with van der Waals surface area (Å²) in [5, 5.41) is 3.30. The third kappa shape index (κ3) is 3.76. The minimum absolute atomic E-state index is 0.0432. The van der Waals surface area contributed by atoms with Crippen molar-refractivity contribution in [3.05, 3.63) is 52.8 Å². The number of nitrogens with one attached hydrogen (secondary N) is 1. The van der Waals surface area contributed by atoms with Crippen LogP contribution in [0.2, 0.25) is 5.02 Å². The number of ether oxygens (including phenoxy) is 2. The number of hydrogen-bond donors (Lipinski definition) is 1. The molecule has 1 atom stereocenters. The molecule has 1 fully saturated rings. The lowest BCUT2D eigenvalue weighted by atomic mass is 10.1. The molecule has 2 aromatic rings. The molecule has 1 aliphatic rings. The molecule has 1 aliphatic heterocycles. The van der Waals surface area contributed by atoms with E-state index in [9.17, 15) is 9.18 Å². The van der Waals surface area contributed by atoms with Crippen LogP contribution in [0.15, 0.2) is 36.4 Å². The van der Waals surface area contributed by atoms with E-state index in [1.807, 2.05) is 12.1 Å². The Morgan fingerprint density at radius 2 is 2.04 bits per heavy atom. The Balaban J connectivity index is 1.67. The SMILES string of the molecule is COc1ccc(CN[C@@H]2CCN(c3ccc(Cl)c(F)c3)C2=O)c(OC)c1. The fourth-order valence-corrected chi connectivity index (χ4v) is 3.13. The highest BCUT2D eigenvalue weighted by Crippen LogP contribution is 2.27. The Morgan fingerprint density at radius 1 is 1.23 bits per heavy atom. The highest BCUT2D eigenvalue weighted by atomic mass is 35.5. The predicted molar refractivity (Wildman–Crippen MR) is 98.6 cm³/mol. The van der Waals surface area contributed by atoms with Gasteiger partial charge in [-0.2, -0.15) is 0 Å². The van der Waals surface area contributed by atoms with Crippen LogP contribution in [0, 0.1) is 5.82 Å². The molecule has 1 heterocycles. The van der Waals surface area contributed by atoms with Gasteiger partial charge in [-0.3, -0.25) is 4.79 Å². The fourth-order valence-electron chi connectivity index (χ4n) is 3.01. The summed E-state index contributed by atoms with van der Waals surface area (Å²) < 4.78 is 24.2. The first-order chi connectivity index (χ1) is 12.5. The van der Waals surface area contributed by atoms with Gasteiger partial charge >= 0.3 is 0 Å². The van der Waals surface area contributed by atoms with Crippen molar-refractivity contribution in [1.29, 1.82) is 0 Å². The maximum absolute atomic E-state index is 13.7. The van der Waals surface area contributed by atoms with Crippen LogP contribution in [0.5, 0.6) is 11.5 Å². The quantitative estimate of drug-likeness (QED) is 0.837. The molecule has 1 saturated heterocycles. The molecule has 1 N–H and O–H groups in total. The molecule has 138 valence electrons. The van der Waals surface area contributed by atoms with Gasteiger partial charge in [-0.25, -0.2) is 4.39 Å². The lowest BCUT2D eigenvalue weighted by Gasteiger charge is -2.18. The smallest absolute Gasteiger partial charge is 0.244 e. The summed E-state index contributed by atoms with van der Waals surface area (Å²) in [6, 6.07) is 9.61. The van der Waals surface area contributed by atoms with Crippen LogP contribution in [-0.4, -0.2) is 32.7 Å². The number of carbonyl (C=O) groups excluding carboxylic acids is 1. The molecular weight excluding hydrogens is 359 g/mol. The van der Waals surface area contributed by atoms with Crippen molar-refractivity contribution in [2.24, 2.45) is 0 Å². The Hall–Kier alpha value is -2.31. The summed E-state index contributed by atoms with van der Waals surface area (Å²) in [6.45, 7) is 1.00. The Labute approximate surface area is 156 Å². The molecule has 0 bridgehead atoms. The van der Waals surface area contributed by atoms with Gasteiger partial charge in [-0.1, -0.05) is 17.7 Å². The zero-order valence-electron chi connectivity index (χ0n) is 14.6. The summed E-state index contributed by atoms with van der Waals surface area (Å²) >= 11 is 5.71. The van der Waals surface area contributed by atoms with Gasteiger partial charge in [0.05, 0.1) is 25.3 Å². The normalized spacial score (nSPS) is 16.8. The van der Waals surface area contributed by atoms with Gasteiger partial charge in [0.2, 0.25) is 5.91 Å². The summed E-state index contributed by atoms with van der Waals surface area (Å²) in [5.74, 6) is 0.785. The Morgan fingerprint density at radius 3 is 2.73 bits per heavy atom. The van der Waals surface area contributed by atoms with Gasteiger partial charge in [0.1, 0.15) is 17.3 Å². The Bertz CT molecular complexity index is 815. The third-order valence-corrected chi connectivity index (χ3v) is 4.76. The standard InChI is InChI=1S/C19H20ClFN2O3/c1-25-14-5-3-12(18(10-14)26-2)11-22-17-7-8-23(19(17)24)13-4-6-15(20)16(21)9-13/h3-6,9-10,17,22H,7-8,11H2,1-2H3/t17-/m1/s1. The van der Waals surface area contributed by atoms with Gasteiger partial charge in [0.15, 0.2) is 0 Å². The van der Waals surface area contributed by atoms with E-state index in [0.717, 1.165) is 5.56 Å². The van der Waals surface area contributed by atoms with Crippen LogP contribution in [-0.2, 0) is 11.3 Å². The lowest BCUT2D eigenvalue weighted by Crippen LogP contribution is -2.38. The number of amides is 1. The summed E-state index contributed by atoms with van der Waals surface area (Å²) in [5.41, 5.74) is 1.44. The van der Waals surface area contributed by atoms with E-state index < -0.39 is 5.82 Å². The van der Waals surface area contributed by atoms with E-state index >= 15 is 0 Å². The first-order valence-electron chi connectivity index (χ1n) is 8.24. The average molecular weight is 379 g/mol. The molecule has 0 unspecified atom stereocenters. The largest absolute Gasteiger partial charge is 0.497 e. The van der Waals surface area contributed by atoms with E-state index in [-0.39, 0.29) is 17.0 Å². The van der Waals surface area contributed by atoms with Gasteiger partial charge in [-0.05, 0) is 30.7 Å². The second-order valence-corrected chi connectivity index (χ2v) is 6.40. The first kappa shape index (κ1) is 18.5. The maximum Gasteiger partial charge on any atom is 0.244 e. The van der Waals surface area contributed by atoms with E-state index in [1.54, 1.807) is 31.3 Å². The zero-order chi connectivity index (χ0) is 18.7. The molecule has 0 saturated carbocycles. The second kappa shape index (κ2) is 7.93. The molecule has 1 amide bonds. The van der Waals surface area contributed by atoms with Crippen molar-refractivity contribution in [3.8, 4) is 11.5 Å². The molecule has 0 spiro atoms. The number of methoxy groups -OCH3 is 2. The van der Waals surface area contributed by atoms with Gasteiger partial charge in [-0.15, -0.1) is 0 Å². The van der Waals surface area contributed by atoms with Crippen molar-refractivity contribution in [1.82, 2.24) is 5.32 Å². The lowest BCUT2D eigenvalue weighted by molar-refractivity contribution is -0.118. The van der Waals surface area contributed by atoms with Crippen LogP contribution in [0.25, 0.3) is 0 Å². The number of halogens is 2. The van der Waals surface area contributed by atoms with E-state index in [0.29, 0.717) is 36.7 Å². The molecule has 2 aromatic carbocycles. The maximum atomic E-state index is 13.7. The molecule has 3 rings (SSSR count). The van der Waals surface area contributed by atoms with Crippen LogP contribution in [0.4, 0.5) is 10.1 Å². The van der Waals surface area contributed by atoms with Crippen LogP contribution < -0.4 is 19.7 Å². The molecule has 0 radical (unpaired) electrons. The predicted octanol–water partition coefficient (Wildman–Crippen LogP) is 3.39. The number of hydrogen-bond acceptors (Lipinski definition) is 4. The monoisotopic (exact) mass is 378 g/mol. The van der Waals surface area contributed by atoms with Crippen molar-refractivity contribution in [2.45, 2.75) is 19.0 Å². The van der Waals surface area contributed by atoms with E-state index in [2.05, 4.69) is 5.32 Å². The molecule has 0 aromatic heterocycles. The molecular formula is C19H20ClFN2O3. The van der Waals surface area contributed by atoms with Crippen molar-refractivity contribution in [2.75, 3.05) is 25.7 Å². The summed E-state index contributed by atoms with van der Waals surface area (Å²) in [7, 11) is 3.19. The fraction of sp³-hybridized carbons (Fsp3) is 0.316. The van der Waals surface area contributed by atoms with E-state index in [1.165, 1.54) is 12.1 Å². The zero-order valence-corrected chi connectivity index (χ0v) is 15.3. The number of anilines is 1. The minimum atomic E-state index is -0.531. The van der Waals surface area contributed by atoms with Crippen molar-refractivity contribution < 1.29 is 18.7 Å². The summed E-state index contributed by atoms with van der Waals surface area (Å²) in [4.78, 5) is 14.2. The highest BCUT2D eigenvalue weighted by molar-refractivity contribution is 6.30. The molecule has 0 aliphatic carbocycles. The number of carbonyl (C=O) groups is 1. The first-order valence-corrected chi connectivity index (χ1v) is 8.62. The highest BCUT2D eigenvalue weighted by Gasteiger charge is 2.32. The third-order valence-electron chi connectivity index (χ3n) is 4.45.